The van der Waals surface area contributed by atoms with E-state index in [0.717, 1.165) is 30.0 Å². The molecule has 1 saturated heterocycles. The van der Waals surface area contributed by atoms with E-state index in [0.29, 0.717) is 25.8 Å². The second-order valence-electron chi connectivity index (χ2n) is 17.2. The molecule has 1 heterocycles. The molecule has 3 fully saturated rings. The van der Waals surface area contributed by atoms with Crippen molar-refractivity contribution in [3.63, 3.8) is 0 Å². The zero-order chi connectivity index (χ0) is 39.4. The van der Waals surface area contributed by atoms with Crippen LogP contribution in [0.25, 0.3) is 0 Å². The average molecular weight is 752 g/mol. The predicted octanol–water partition coefficient (Wildman–Crippen LogP) is 2.81. The third-order valence-electron chi connectivity index (χ3n) is 11.7. The highest BCUT2D eigenvalue weighted by atomic mass is 32.2. The van der Waals surface area contributed by atoms with Gasteiger partial charge in [-0.15, -0.1) is 6.58 Å². The Morgan fingerprint density at radius 1 is 0.981 bits per heavy atom. The monoisotopic (exact) mass is 751 g/mol. The highest BCUT2D eigenvalue weighted by Gasteiger charge is 2.70. The van der Waals surface area contributed by atoms with E-state index in [4.69, 9.17) is 0 Å². The molecule has 5 amide bonds. The Hall–Kier alpha value is -3.04. The van der Waals surface area contributed by atoms with Crippen molar-refractivity contribution in [2.75, 3.05) is 40.8 Å². The number of Topliss-reactive ketones (excluding diaryl/α,β-unsaturated/α-hetero) is 1. The van der Waals surface area contributed by atoms with Gasteiger partial charge >= 0.3 is 6.03 Å². The zero-order valence-electron chi connectivity index (χ0n) is 33.1. The number of piperidine rings is 1. The van der Waals surface area contributed by atoms with Crippen LogP contribution < -0.4 is 21.3 Å². The highest BCUT2D eigenvalue weighted by molar-refractivity contribution is 7.86. The van der Waals surface area contributed by atoms with Crippen LogP contribution in [-0.4, -0.2) is 116 Å². The first-order valence-electron chi connectivity index (χ1n) is 18.8. The maximum Gasteiger partial charge on any atom is 0.315 e. The van der Waals surface area contributed by atoms with Gasteiger partial charge in [0.1, 0.15) is 12.1 Å². The van der Waals surface area contributed by atoms with Crippen molar-refractivity contribution in [1.29, 1.82) is 0 Å². The molecule has 1 unspecified atom stereocenters. The first-order valence-corrected chi connectivity index (χ1v) is 20.2. The van der Waals surface area contributed by atoms with Gasteiger partial charge in [-0.2, -0.15) is 17.0 Å². The molecule has 0 aromatic heterocycles. The van der Waals surface area contributed by atoms with Gasteiger partial charge in [0.15, 0.2) is 0 Å². The number of nitrogens with zero attached hydrogens (tertiary/aromatic N) is 3. The summed E-state index contributed by atoms with van der Waals surface area (Å²) in [5.41, 5.74) is -1.35. The molecular weight excluding hydrogens is 687 g/mol. The predicted molar refractivity (Wildman–Crippen MR) is 201 cm³/mol. The van der Waals surface area contributed by atoms with Crippen LogP contribution in [0.4, 0.5) is 4.79 Å². The zero-order valence-corrected chi connectivity index (χ0v) is 34.0. The van der Waals surface area contributed by atoms with E-state index < -0.39 is 68.8 Å². The molecule has 3 rings (SSSR count). The van der Waals surface area contributed by atoms with E-state index in [9.17, 15) is 32.4 Å². The van der Waals surface area contributed by atoms with Crippen molar-refractivity contribution in [1.82, 2.24) is 34.8 Å². The lowest BCUT2D eigenvalue weighted by Gasteiger charge is -2.43. The van der Waals surface area contributed by atoms with E-state index in [-0.39, 0.29) is 42.7 Å². The van der Waals surface area contributed by atoms with Gasteiger partial charge in [-0.1, -0.05) is 86.6 Å². The number of fused-ring (bicyclic) bond motifs is 1. The number of unbranched alkanes of at least 4 members (excludes halogenated alkanes) is 1. The summed E-state index contributed by atoms with van der Waals surface area (Å²) in [4.78, 5) is 70.4. The molecule has 0 aromatic rings. The molecule has 0 spiro atoms. The summed E-state index contributed by atoms with van der Waals surface area (Å²) in [6, 6.07) is -4.10. The molecule has 52 heavy (non-hydrogen) atoms. The van der Waals surface area contributed by atoms with Crippen LogP contribution in [0, 0.1) is 28.1 Å². The molecular formula is C37H65N7O7S. The number of nitrogens with one attached hydrogen (secondary N) is 4. The van der Waals surface area contributed by atoms with Crippen molar-refractivity contribution in [3.05, 3.63) is 12.7 Å². The van der Waals surface area contributed by atoms with Crippen LogP contribution in [-0.2, 0) is 29.4 Å². The van der Waals surface area contributed by atoms with Crippen LogP contribution in [0.5, 0.6) is 0 Å². The van der Waals surface area contributed by atoms with Crippen LogP contribution >= 0.6 is 0 Å². The number of likely N-dealkylation sites (tertiary alicyclic amines) is 1. The first-order chi connectivity index (χ1) is 24.0. The fourth-order valence-electron chi connectivity index (χ4n) is 8.00. The third-order valence-corrected chi connectivity index (χ3v) is 13.6. The highest BCUT2D eigenvalue weighted by Crippen LogP contribution is 2.65. The van der Waals surface area contributed by atoms with Gasteiger partial charge in [-0.3, -0.25) is 19.2 Å². The number of carbonyl (C=O) groups is 5. The number of hydrogen-bond donors (Lipinski definition) is 4. The van der Waals surface area contributed by atoms with Crippen LogP contribution in [0.1, 0.15) is 99.8 Å². The normalized spacial score (nSPS) is 23.9. The summed E-state index contributed by atoms with van der Waals surface area (Å²) >= 11 is 0. The molecule has 15 heteroatoms. The Morgan fingerprint density at radius 2 is 1.60 bits per heavy atom. The summed E-state index contributed by atoms with van der Waals surface area (Å²) in [7, 11) is 0.603. The summed E-state index contributed by atoms with van der Waals surface area (Å²) in [6.07, 6.45) is 7.31. The lowest BCUT2D eigenvalue weighted by atomic mass is 9.70. The smallest absolute Gasteiger partial charge is 0.315 e. The average Bonchev–Trinajstić information content (AvgIpc) is 3.37. The van der Waals surface area contributed by atoms with Gasteiger partial charge in [-0.05, 0) is 47.3 Å². The van der Waals surface area contributed by atoms with E-state index >= 15 is 0 Å². The van der Waals surface area contributed by atoms with Gasteiger partial charge in [0, 0.05) is 46.8 Å². The molecule has 4 N–H and O–H groups in total. The summed E-state index contributed by atoms with van der Waals surface area (Å²) in [6.45, 7) is 17.8. The van der Waals surface area contributed by atoms with Crippen molar-refractivity contribution in [2.24, 2.45) is 28.1 Å². The van der Waals surface area contributed by atoms with Gasteiger partial charge in [0.2, 0.25) is 17.6 Å². The molecule has 296 valence electrons. The minimum atomic E-state index is -3.75. The Kier molecular flexibility index (Phi) is 14.1. The van der Waals surface area contributed by atoms with Crippen LogP contribution in [0.15, 0.2) is 12.7 Å². The summed E-state index contributed by atoms with van der Waals surface area (Å²) in [5.74, 6) is -2.48. The minimum absolute atomic E-state index is 0.00363. The SMILES string of the molecule is C=CCNC(=O)C(=O)C(CCCC)NC(=O)[C@@H]1[C@@H]2[C@H](CN1C(=O)[C@@H](NC(=O)N[C@H](CN(C)S(=O)(=O)N(C)C)C(C)(C)C)C1(C)CCCCC1)C2(C)C. The molecule has 1 aliphatic heterocycles. The van der Waals surface area contributed by atoms with Crippen LogP contribution in [0.2, 0.25) is 0 Å². The summed E-state index contributed by atoms with van der Waals surface area (Å²) in [5, 5.41) is 11.3. The number of ketones is 1. The number of carbonyl (C=O) groups excluding carboxylic acids is 5. The summed E-state index contributed by atoms with van der Waals surface area (Å²) < 4.78 is 28.0. The fourth-order valence-corrected chi connectivity index (χ4v) is 8.90. The lowest BCUT2D eigenvalue weighted by molar-refractivity contribution is -0.146. The van der Waals surface area contributed by atoms with E-state index in [1.807, 2.05) is 34.6 Å². The molecule has 2 saturated carbocycles. The topological polar surface area (TPSA) is 177 Å². The van der Waals surface area contributed by atoms with Gasteiger partial charge in [0.05, 0.1) is 6.04 Å². The number of rotatable bonds is 17. The van der Waals surface area contributed by atoms with Crippen molar-refractivity contribution < 1.29 is 32.4 Å². The fraction of sp³-hybridized carbons (Fsp3) is 0.811. The second kappa shape index (κ2) is 17.0. The van der Waals surface area contributed by atoms with Gasteiger partial charge in [-0.25, -0.2) is 4.79 Å². The Labute approximate surface area is 311 Å². The second-order valence-corrected chi connectivity index (χ2v) is 19.5. The number of urea groups is 1. The maximum atomic E-state index is 14.8. The number of likely N-dealkylation sites (N-methyl/N-ethyl adjacent to an activating group) is 1. The quantitative estimate of drug-likeness (QED) is 0.131. The standard InChI is InChI=1S/C37H65N7O7S/c1-12-14-18-25(29(45)32(47)38-21-13-2)39-31(46)28-27-24(36(27,6)7)22-44(28)33(48)30(37(8)19-16-15-17-20-37)41-34(49)40-26(35(3,4)5)23-43(11)52(50,51)42(9)10/h13,24-28,30H,2,12,14-23H2,1,3-11H3,(H,38,47)(H,39,46)(H2,40,41,49)/t24-,25?,26+,27-,28-,30+/m0/s1. The molecule has 3 aliphatic rings. The lowest BCUT2D eigenvalue weighted by Crippen LogP contribution is -2.63. The first kappa shape index (κ1) is 43.4. The van der Waals surface area contributed by atoms with Crippen molar-refractivity contribution in [3.8, 4) is 0 Å². The molecule has 0 bridgehead atoms. The largest absolute Gasteiger partial charge is 0.346 e. The van der Waals surface area contributed by atoms with Crippen molar-refractivity contribution >= 4 is 39.7 Å². The van der Waals surface area contributed by atoms with Gasteiger partial charge in [0.25, 0.3) is 16.1 Å². The molecule has 2 aliphatic carbocycles. The van der Waals surface area contributed by atoms with Crippen LogP contribution in [0.3, 0.4) is 0 Å². The van der Waals surface area contributed by atoms with Gasteiger partial charge < -0.3 is 26.2 Å². The molecule has 0 radical (unpaired) electrons. The molecule has 0 aromatic carbocycles. The Bertz CT molecular complexity index is 1450. The van der Waals surface area contributed by atoms with E-state index in [1.165, 1.54) is 31.5 Å². The molecule has 14 nitrogen and oxygen atoms in total. The molecule has 6 atom stereocenters. The van der Waals surface area contributed by atoms with E-state index in [1.54, 1.807) is 4.90 Å². The maximum absolute atomic E-state index is 14.8. The third kappa shape index (κ3) is 9.73. The number of amides is 5. The van der Waals surface area contributed by atoms with E-state index in [2.05, 4.69) is 41.7 Å². The Morgan fingerprint density at radius 3 is 2.13 bits per heavy atom. The number of hydrogen-bond acceptors (Lipinski definition) is 7. The van der Waals surface area contributed by atoms with Crippen molar-refractivity contribution in [2.45, 2.75) is 124 Å². The minimum Gasteiger partial charge on any atom is -0.346 e. The Balaban J connectivity index is 1.92.